The maximum absolute atomic E-state index is 12.3. The molecule has 2 aromatic heterocycles. The first-order valence-corrected chi connectivity index (χ1v) is 20.4. The third-order valence-electron chi connectivity index (χ3n) is 8.62. The minimum Gasteiger partial charge on any atom is -0.394 e. The predicted octanol–water partition coefficient (Wildman–Crippen LogP) is -4.67. The number of nitrogens with one attached hydrogen (secondary N) is 3. The molecular formula is C32H53N8O13S2+. The van der Waals surface area contributed by atoms with E-state index in [0.717, 1.165) is 11.5 Å². The molecular weight excluding hydrogens is 769 g/mol. The van der Waals surface area contributed by atoms with E-state index in [1.807, 2.05) is 30.3 Å². The number of aliphatic hydroxyl groups excluding tert-OH is 6. The van der Waals surface area contributed by atoms with Crippen molar-refractivity contribution in [3.05, 3.63) is 30.6 Å². The van der Waals surface area contributed by atoms with Gasteiger partial charge in [-0.1, -0.05) is 26.8 Å². The van der Waals surface area contributed by atoms with Crippen molar-refractivity contribution in [2.75, 3.05) is 44.4 Å². The molecule has 0 bridgehead atoms. The van der Waals surface area contributed by atoms with Crippen LogP contribution >= 0.6 is 21.6 Å². The van der Waals surface area contributed by atoms with E-state index in [9.17, 15) is 45.0 Å². The van der Waals surface area contributed by atoms with Crippen molar-refractivity contribution >= 4 is 39.3 Å². The number of imidazole rings is 1. The van der Waals surface area contributed by atoms with Gasteiger partial charge in [0.25, 0.3) is 5.91 Å². The Morgan fingerprint density at radius 2 is 1.64 bits per heavy atom. The SMILES string of the molecule is CC(=O)N[C@H]1[C@H](OCCCn2cc(CCC(=O)NCCSSCCNC(=O)Cn3cc[n+](C)c3)nn2)O[C@H](CO)[C@@H](O[C@@H]2O[C@H](CO)[C@H](O)[C@H](O)[C@H]2O)[C@@H]1O. The maximum atomic E-state index is 12.3. The molecule has 4 rings (SSSR count). The molecule has 0 saturated carbocycles. The number of ether oxygens (including phenoxy) is 4. The number of aromatic nitrogens is 5. The molecule has 0 aromatic carbocycles. The van der Waals surface area contributed by atoms with Crippen LogP contribution in [0.2, 0.25) is 0 Å². The summed E-state index contributed by atoms with van der Waals surface area (Å²) >= 11 is 0. The average Bonchev–Trinajstić information content (AvgIpc) is 3.80. The molecule has 55 heavy (non-hydrogen) atoms. The average molecular weight is 822 g/mol. The Bertz CT molecular complexity index is 1490. The van der Waals surface area contributed by atoms with E-state index in [1.54, 1.807) is 37.0 Å². The van der Waals surface area contributed by atoms with Crippen LogP contribution < -0.4 is 20.5 Å². The highest BCUT2D eigenvalue weighted by Crippen LogP contribution is 2.30. The summed E-state index contributed by atoms with van der Waals surface area (Å²) in [5.74, 6) is 0.788. The van der Waals surface area contributed by atoms with Gasteiger partial charge in [0.15, 0.2) is 19.1 Å². The molecule has 310 valence electrons. The second-order valence-electron chi connectivity index (χ2n) is 13.0. The summed E-state index contributed by atoms with van der Waals surface area (Å²) in [5.41, 5.74) is 0.634. The van der Waals surface area contributed by atoms with Crippen molar-refractivity contribution < 1.29 is 68.5 Å². The summed E-state index contributed by atoms with van der Waals surface area (Å²) in [6.45, 7) is 1.67. The van der Waals surface area contributed by atoms with Crippen LogP contribution in [0.15, 0.2) is 24.9 Å². The summed E-state index contributed by atoms with van der Waals surface area (Å²) in [6.07, 6.45) is -5.08. The maximum Gasteiger partial charge on any atom is 0.262 e. The second-order valence-corrected chi connectivity index (χ2v) is 15.7. The van der Waals surface area contributed by atoms with Crippen LogP contribution in [0.5, 0.6) is 0 Å². The number of aryl methyl sites for hydroxylation is 3. The van der Waals surface area contributed by atoms with Gasteiger partial charge >= 0.3 is 0 Å². The van der Waals surface area contributed by atoms with Crippen LogP contribution in [0.3, 0.4) is 0 Å². The fourth-order valence-electron chi connectivity index (χ4n) is 5.82. The van der Waals surface area contributed by atoms with E-state index in [0.29, 0.717) is 38.2 Å². The summed E-state index contributed by atoms with van der Waals surface area (Å²) in [6, 6.07) is -1.18. The van der Waals surface area contributed by atoms with Gasteiger partial charge in [-0.2, -0.15) is 0 Å². The van der Waals surface area contributed by atoms with E-state index < -0.39 is 80.5 Å². The van der Waals surface area contributed by atoms with Gasteiger partial charge in [0.2, 0.25) is 18.1 Å². The lowest BCUT2D eigenvalue weighted by atomic mass is 9.95. The summed E-state index contributed by atoms with van der Waals surface area (Å²) in [4.78, 5) is 36.3. The standard InChI is InChI=1S/C32H52N8O13S2/c1-19(43)35-25-27(47)30(53-32-29(49)28(48)26(46)21(16-41)51-32)22(17-42)52-31(25)50-11-3-8-40-14-20(36-37-40)4-5-23(44)33-6-12-54-55-13-7-34-24(45)15-39-10-9-38(2)18-39/h9-10,14,18,21-22,25-32,41-42,46-49H,3-8,11-13,15-17H2,1-2H3,(H2-,33,34,35,43,44,45)/p+1/t21-,22-,25-,26+,27-,28+,29-,30-,31-,32+/m1/s1. The van der Waals surface area contributed by atoms with Gasteiger partial charge in [0.1, 0.15) is 61.2 Å². The summed E-state index contributed by atoms with van der Waals surface area (Å²) in [5, 5.41) is 77.9. The molecule has 9 N–H and O–H groups in total. The first-order chi connectivity index (χ1) is 26.4. The van der Waals surface area contributed by atoms with Crippen molar-refractivity contribution in [2.45, 2.75) is 101 Å². The number of hydrogen-bond donors (Lipinski definition) is 9. The molecule has 0 spiro atoms. The van der Waals surface area contributed by atoms with Gasteiger partial charge in [-0.3, -0.25) is 19.1 Å². The molecule has 3 amide bonds. The van der Waals surface area contributed by atoms with Gasteiger partial charge < -0.3 is 65.5 Å². The van der Waals surface area contributed by atoms with Crippen LogP contribution in [0.1, 0.15) is 25.5 Å². The summed E-state index contributed by atoms with van der Waals surface area (Å²) < 4.78 is 28.0. The van der Waals surface area contributed by atoms with Crippen molar-refractivity contribution in [3.63, 3.8) is 0 Å². The third kappa shape index (κ3) is 13.9. The molecule has 23 heteroatoms. The highest BCUT2D eigenvalue weighted by molar-refractivity contribution is 8.76. The number of carbonyl (C=O) groups is 3. The Morgan fingerprint density at radius 3 is 2.29 bits per heavy atom. The van der Waals surface area contributed by atoms with Gasteiger partial charge in [-0.05, 0) is 6.42 Å². The van der Waals surface area contributed by atoms with Gasteiger partial charge in [-0.15, -0.1) is 5.10 Å². The molecule has 21 nitrogen and oxygen atoms in total. The number of hydrogen-bond acceptors (Lipinski definition) is 17. The van der Waals surface area contributed by atoms with Gasteiger partial charge in [0.05, 0.1) is 32.6 Å². The lowest BCUT2D eigenvalue weighted by molar-refractivity contribution is -0.671. The molecule has 0 aliphatic carbocycles. The number of carbonyl (C=O) groups excluding carboxylic acids is 3. The third-order valence-corrected chi connectivity index (χ3v) is 11.0. The van der Waals surface area contributed by atoms with Crippen LogP contribution in [0, 0.1) is 0 Å². The zero-order chi connectivity index (χ0) is 39.9. The molecule has 4 heterocycles. The topological polar surface area (TPSA) is 285 Å². The number of rotatable bonds is 22. The Balaban J connectivity index is 1.11. The quantitative estimate of drug-likeness (QED) is 0.0307. The van der Waals surface area contributed by atoms with Crippen LogP contribution in [0.25, 0.3) is 0 Å². The normalized spacial score (nSPS) is 28.1. The van der Waals surface area contributed by atoms with Gasteiger partial charge in [0, 0.05) is 57.1 Å². The fourth-order valence-corrected chi connectivity index (χ4v) is 7.63. The molecule has 2 aliphatic heterocycles. The van der Waals surface area contributed by atoms with E-state index in [2.05, 4.69) is 26.3 Å². The Morgan fingerprint density at radius 1 is 0.945 bits per heavy atom. The highest BCUT2D eigenvalue weighted by Gasteiger charge is 2.51. The molecule has 2 saturated heterocycles. The lowest BCUT2D eigenvalue weighted by Gasteiger charge is -2.47. The first kappa shape index (κ1) is 44.8. The molecule has 10 atom stereocenters. The minimum absolute atomic E-state index is 0.0480. The van der Waals surface area contributed by atoms with Crippen molar-refractivity contribution in [3.8, 4) is 0 Å². The number of aliphatic hydroxyl groups is 6. The van der Waals surface area contributed by atoms with Crippen LogP contribution in [0.4, 0.5) is 0 Å². The molecule has 2 aliphatic rings. The molecule has 2 aromatic rings. The van der Waals surface area contributed by atoms with E-state index in [1.165, 1.54) is 6.92 Å². The molecule has 0 unspecified atom stereocenters. The van der Waals surface area contributed by atoms with Crippen molar-refractivity contribution in [1.29, 1.82) is 0 Å². The molecule has 2 fully saturated rings. The number of amides is 3. The van der Waals surface area contributed by atoms with Crippen LogP contribution in [-0.4, -0.2) is 174 Å². The van der Waals surface area contributed by atoms with Crippen molar-refractivity contribution in [2.24, 2.45) is 7.05 Å². The number of nitrogens with zero attached hydrogens (tertiary/aromatic N) is 5. The Kier molecular flexibility index (Phi) is 18.5. The predicted molar refractivity (Wildman–Crippen MR) is 193 cm³/mol. The highest BCUT2D eigenvalue weighted by atomic mass is 33.1. The van der Waals surface area contributed by atoms with Crippen molar-refractivity contribution in [1.82, 2.24) is 35.5 Å². The van der Waals surface area contributed by atoms with E-state index in [4.69, 9.17) is 18.9 Å². The first-order valence-electron chi connectivity index (χ1n) is 17.9. The zero-order valence-corrected chi connectivity index (χ0v) is 32.3. The van der Waals surface area contributed by atoms with E-state index in [-0.39, 0.29) is 31.4 Å². The largest absolute Gasteiger partial charge is 0.394 e. The minimum atomic E-state index is -1.77. The Hall–Kier alpha value is -2.94. The monoisotopic (exact) mass is 821 g/mol. The second kappa shape index (κ2) is 22.7. The fraction of sp³-hybridized carbons (Fsp3) is 0.750. The summed E-state index contributed by atoms with van der Waals surface area (Å²) in [7, 11) is 5.14. The molecule has 0 radical (unpaired) electrons. The Labute approximate surface area is 325 Å². The lowest BCUT2D eigenvalue weighted by Crippen LogP contribution is -2.67. The smallest absolute Gasteiger partial charge is 0.262 e. The van der Waals surface area contributed by atoms with Crippen LogP contribution in [-0.2, 0) is 59.9 Å². The van der Waals surface area contributed by atoms with E-state index >= 15 is 0 Å². The zero-order valence-electron chi connectivity index (χ0n) is 30.7. The van der Waals surface area contributed by atoms with Gasteiger partial charge in [-0.25, -0.2) is 9.13 Å².